The Kier molecular flexibility index (Phi) is 4.46. The van der Waals surface area contributed by atoms with E-state index in [-0.39, 0.29) is 18.0 Å². The van der Waals surface area contributed by atoms with Crippen LogP contribution in [-0.2, 0) is 17.8 Å². The van der Waals surface area contributed by atoms with Gasteiger partial charge >= 0.3 is 0 Å². The maximum absolute atomic E-state index is 12.5. The third kappa shape index (κ3) is 3.46. The summed E-state index contributed by atoms with van der Waals surface area (Å²) in [5.74, 6) is 0.498. The number of carbonyl (C=O) groups excluding carboxylic acids is 1. The number of rotatable bonds is 5. The molecule has 0 spiro atoms. The quantitative estimate of drug-likeness (QED) is 0.574. The average Bonchev–Trinajstić information content (AvgIpc) is 3.09. The Morgan fingerprint density at radius 3 is 2.67 bits per heavy atom. The van der Waals surface area contributed by atoms with Crippen LogP contribution in [0.5, 0.6) is 0 Å². The van der Waals surface area contributed by atoms with Crippen LogP contribution in [0, 0.1) is 0 Å². The monoisotopic (exact) mass is 360 g/mol. The Morgan fingerprint density at radius 1 is 1.07 bits per heavy atom. The van der Waals surface area contributed by atoms with Gasteiger partial charge in [-0.3, -0.25) is 9.59 Å². The van der Waals surface area contributed by atoms with E-state index < -0.39 is 0 Å². The minimum absolute atomic E-state index is 0.0103. The van der Waals surface area contributed by atoms with Crippen molar-refractivity contribution in [3.8, 4) is 0 Å². The summed E-state index contributed by atoms with van der Waals surface area (Å²) >= 11 is 0. The van der Waals surface area contributed by atoms with Gasteiger partial charge in [-0.25, -0.2) is 4.98 Å². The predicted octanol–water partition coefficient (Wildman–Crippen LogP) is 3.00. The first-order valence-electron chi connectivity index (χ1n) is 8.89. The number of aromatic amines is 2. The van der Waals surface area contributed by atoms with Crippen molar-refractivity contribution in [3.05, 3.63) is 76.5 Å². The molecule has 4 aromatic rings. The second-order valence-electron chi connectivity index (χ2n) is 6.64. The molecule has 1 amide bonds. The molecule has 0 unspecified atom stereocenters. The molecule has 2 aromatic carbocycles. The fourth-order valence-corrected chi connectivity index (χ4v) is 3.29. The molecular weight excluding hydrogens is 340 g/mol. The van der Waals surface area contributed by atoms with E-state index in [9.17, 15) is 9.59 Å². The van der Waals surface area contributed by atoms with E-state index in [2.05, 4.69) is 21.0 Å². The summed E-state index contributed by atoms with van der Waals surface area (Å²) in [7, 11) is 1.73. The highest BCUT2D eigenvalue weighted by Crippen LogP contribution is 2.19. The van der Waals surface area contributed by atoms with Crippen LogP contribution < -0.4 is 5.56 Å². The number of nitrogens with one attached hydrogen (secondary N) is 2. The van der Waals surface area contributed by atoms with Crippen molar-refractivity contribution < 1.29 is 4.79 Å². The van der Waals surface area contributed by atoms with E-state index in [1.807, 2.05) is 30.5 Å². The zero-order chi connectivity index (χ0) is 18.8. The van der Waals surface area contributed by atoms with Crippen LogP contribution in [0.4, 0.5) is 0 Å². The Morgan fingerprint density at radius 2 is 1.81 bits per heavy atom. The number of amides is 1. The summed E-state index contributed by atoms with van der Waals surface area (Å²) in [6.45, 7) is 0.271. The molecule has 0 aliphatic carbocycles. The van der Waals surface area contributed by atoms with Crippen LogP contribution in [0.25, 0.3) is 21.8 Å². The molecule has 136 valence electrons. The number of aryl methyl sites for hydroxylation is 1. The number of para-hydroxylation sites is 2. The van der Waals surface area contributed by atoms with Crippen LogP contribution in [0.2, 0.25) is 0 Å². The van der Waals surface area contributed by atoms with Crippen molar-refractivity contribution in [2.24, 2.45) is 0 Å². The zero-order valence-corrected chi connectivity index (χ0v) is 15.0. The molecular formula is C21H20N4O2. The predicted molar refractivity (Wildman–Crippen MR) is 105 cm³/mol. The third-order valence-corrected chi connectivity index (χ3v) is 4.76. The highest BCUT2D eigenvalue weighted by atomic mass is 16.2. The number of aromatic nitrogens is 3. The van der Waals surface area contributed by atoms with Gasteiger partial charge in [0.25, 0.3) is 5.56 Å². The van der Waals surface area contributed by atoms with E-state index in [1.165, 1.54) is 0 Å². The summed E-state index contributed by atoms with van der Waals surface area (Å²) in [5, 5.41) is 1.70. The van der Waals surface area contributed by atoms with Crippen LogP contribution in [0.3, 0.4) is 0 Å². The molecule has 0 bridgehead atoms. The fraction of sp³-hybridized carbons (Fsp3) is 0.190. The third-order valence-electron chi connectivity index (χ3n) is 4.76. The Labute approximate surface area is 155 Å². The summed E-state index contributed by atoms with van der Waals surface area (Å²) in [6, 6.07) is 15.2. The zero-order valence-electron chi connectivity index (χ0n) is 15.0. The van der Waals surface area contributed by atoms with E-state index in [0.717, 1.165) is 16.5 Å². The normalized spacial score (nSPS) is 11.1. The first-order chi connectivity index (χ1) is 13.1. The van der Waals surface area contributed by atoms with Gasteiger partial charge in [-0.15, -0.1) is 0 Å². The molecule has 6 nitrogen and oxygen atoms in total. The SMILES string of the molecule is CN(Cc1nc2ccccc2c(=O)[nH]1)C(=O)CCc1c[nH]c2ccccc12. The molecule has 0 saturated heterocycles. The minimum Gasteiger partial charge on any atom is -0.361 e. The number of carbonyl (C=O) groups is 1. The Hall–Kier alpha value is -3.41. The molecule has 0 aliphatic heterocycles. The first-order valence-corrected chi connectivity index (χ1v) is 8.89. The number of fused-ring (bicyclic) bond motifs is 2. The fourth-order valence-electron chi connectivity index (χ4n) is 3.29. The maximum atomic E-state index is 12.5. The maximum Gasteiger partial charge on any atom is 0.258 e. The molecule has 0 atom stereocenters. The smallest absolute Gasteiger partial charge is 0.258 e. The van der Waals surface area contributed by atoms with Gasteiger partial charge in [-0.05, 0) is 30.2 Å². The van der Waals surface area contributed by atoms with Crippen molar-refractivity contribution in [3.63, 3.8) is 0 Å². The number of nitrogens with zero attached hydrogens (tertiary/aromatic N) is 2. The molecule has 27 heavy (non-hydrogen) atoms. The standard InChI is InChI=1S/C21H20N4O2/c1-25(13-19-23-18-9-5-3-7-16(18)21(27)24-19)20(26)11-10-14-12-22-17-8-4-2-6-15(14)17/h2-9,12,22H,10-11,13H2,1H3,(H,23,24,27). The van der Waals surface area contributed by atoms with Gasteiger partial charge in [0, 0.05) is 30.6 Å². The molecule has 2 aromatic heterocycles. The first kappa shape index (κ1) is 17.0. The van der Waals surface area contributed by atoms with Gasteiger partial charge < -0.3 is 14.9 Å². The van der Waals surface area contributed by atoms with Gasteiger partial charge in [0.1, 0.15) is 5.82 Å². The van der Waals surface area contributed by atoms with E-state index in [4.69, 9.17) is 0 Å². The van der Waals surface area contributed by atoms with Crippen molar-refractivity contribution >= 4 is 27.7 Å². The summed E-state index contributed by atoms with van der Waals surface area (Å²) in [5.41, 5.74) is 2.65. The molecule has 0 radical (unpaired) electrons. The number of hydrogen-bond donors (Lipinski definition) is 2. The van der Waals surface area contributed by atoms with Gasteiger partial charge in [0.05, 0.1) is 17.4 Å². The summed E-state index contributed by atoms with van der Waals surface area (Å²) in [4.78, 5) is 36.7. The largest absolute Gasteiger partial charge is 0.361 e. The summed E-state index contributed by atoms with van der Waals surface area (Å²) in [6.07, 6.45) is 3.02. The number of benzene rings is 2. The van der Waals surface area contributed by atoms with Gasteiger partial charge in [0.15, 0.2) is 0 Å². The van der Waals surface area contributed by atoms with E-state index >= 15 is 0 Å². The Balaban J connectivity index is 1.44. The second-order valence-corrected chi connectivity index (χ2v) is 6.64. The number of hydrogen-bond acceptors (Lipinski definition) is 3. The molecule has 2 N–H and O–H groups in total. The van der Waals surface area contributed by atoms with Crippen LogP contribution in [0.15, 0.2) is 59.5 Å². The van der Waals surface area contributed by atoms with Crippen molar-refractivity contribution in [1.29, 1.82) is 0 Å². The van der Waals surface area contributed by atoms with Crippen LogP contribution >= 0.6 is 0 Å². The molecule has 0 aliphatic rings. The van der Waals surface area contributed by atoms with E-state index in [1.54, 1.807) is 30.1 Å². The lowest BCUT2D eigenvalue weighted by molar-refractivity contribution is -0.130. The minimum atomic E-state index is -0.185. The van der Waals surface area contributed by atoms with Crippen LogP contribution in [-0.4, -0.2) is 32.8 Å². The molecule has 0 fully saturated rings. The molecule has 4 rings (SSSR count). The highest BCUT2D eigenvalue weighted by molar-refractivity contribution is 5.84. The highest BCUT2D eigenvalue weighted by Gasteiger charge is 2.13. The summed E-state index contributed by atoms with van der Waals surface area (Å²) < 4.78 is 0. The van der Waals surface area contributed by atoms with Gasteiger partial charge in [0.2, 0.25) is 5.91 Å². The number of H-pyrrole nitrogens is 2. The van der Waals surface area contributed by atoms with Gasteiger partial charge in [-0.2, -0.15) is 0 Å². The molecule has 2 heterocycles. The molecule has 6 heteroatoms. The van der Waals surface area contributed by atoms with Crippen molar-refractivity contribution in [1.82, 2.24) is 19.9 Å². The van der Waals surface area contributed by atoms with Crippen molar-refractivity contribution in [2.45, 2.75) is 19.4 Å². The Bertz CT molecular complexity index is 1180. The van der Waals surface area contributed by atoms with Crippen molar-refractivity contribution in [2.75, 3.05) is 7.05 Å². The van der Waals surface area contributed by atoms with Crippen LogP contribution in [0.1, 0.15) is 17.8 Å². The topological polar surface area (TPSA) is 81.8 Å². The lowest BCUT2D eigenvalue weighted by atomic mass is 10.1. The van der Waals surface area contributed by atoms with Gasteiger partial charge in [-0.1, -0.05) is 30.3 Å². The lowest BCUT2D eigenvalue weighted by Crippen LogP contribution is -2.28. The molecule has 0 saturated carbocycles. The lowest BCUT2D eigenvalue weighted by Gasteiger charge is -2.16. The second kappa shape index (κ2) is 7.07. The average molecular weight is 360 g/mol. The van der Waals surface area contributed by atoms with E-state index in [0.29, 0.717) is 29.6 Å².